The minimum Gasteiger partial charge on any atom is -0.440 e. The molecule has 3 rings (SSSR count). The number of ether oxygens (including phenoxy) is 2. The monoisotopic (exact) mass is 310 g/mol. The van der Waals surface area contributed by atoms with Gasteiger partial charge in [0.05, 0.1) is 19.7 Å². The lowest BCUT2D eigenvalue weighted by Crippen LogP contribution is -2.50. The topological polar surface area (TPSA) is 80.9 Å². The first-order valence-corrected chi connectivity index (χ1v) is 7.57. The van der Waals surface area contributed by atoms with Crippen LogP contribution in [0.25, 0.3) is 0 Å². The van der Waals surface area contributed by atoms with Crippen LogP contribution in [-0.2, 0) is 22.4 Å². The van der Waals surface area contributed by atoms with Gasteiger partial charge in [0.25, 0.3) is 0 Å². The number of piperidine rings is 1. The molecule has 0 aliphatic carbocycles. The van der Waals surface area contributed by atoms with E-state index in [4.69, 9.17) is 14.0 Å². The average molecular weight is 310 g/mol. The Morgan fingerprint density at radius 2 is 2.27 bits per heavy atom. The maximum atomic E-state index is 11.6. The molecule has 0 N–H and O–H groups in total. The standard InChI is InChI=1S/C14H22N4O4/c1-17-9-14(21-13(17)19)5-3-6-18(10-14)8-12-15-11(16-22-12)4-7-20-2/h3-10H2,1-2H3. The van der Waals surface area contributed by atoms with E-state index in [1.165, 1.54) is 0 Å². The Kier molecular flexibility index (Phi) is 4.30. The quantitative estimate of drug-likeness (QED) is 0.791. The normalized spacial score (nSPS) is 25.9. The van der Waals surface area contributed by atoms with E-state index < -0.39 is 0 Å². The maximum Gasteiger partial charge on any atom is 0.410 e. The van der Waals surface area contributed by atoms with Crippen LogP contribution >= 0.6 is 0 Å². The van der Waals surface area contributed by atoms with Crippen LogP contribution in [0.15, 0.2) is 4.52 Å². The number of likely N-dealkylation sites (tertiary alicyclic amines) is 1. The number of rotatable bonds is 5. The molecule has 8 heteroatoms. The molecule has 1 amide bonds. The Labute approximate surface area is 129 Å². The van der Waals surface area contributed by atoms with Gasteiger partial charge in [-0.3, -0.25) is 4.90 Å². The number of methoxy groups -OCH3 is 1. The molecule has 1 unspecified atom stereocenters. The molecular weight excluding hydrogens is 288 g/mol. The largest absolute Gasteiger partial charge is 0.440 e. The molecule has 0 radical (unpaired) electrons. The lowest BCUT2D eigenvalue weighted by Gasteiger charge is -2.37. The van der Waals surface area contributed by atoms with Gasteiger partial charge in [-0.15, -0.1) is 0 Å². The number of carbonyl (C=O) groups excluding carboxylic acids is 1. The molecular formula is C14H22N4O4. The number of hydrogen-bond acceptors (Lipinski definition) is 7. The summed E-state index contributed by atoms with van der Waals surface area (Å²) in [6.07, 6.45) is 2.31. The second-order valence-electron chi connectivity index (χ2n) is 6.07. The summed E-state index contributed by atoms with van der Waals surface area (Å²) in [5.74, 6) is 1.26. The predicted molar refractivity (Wildman–Crippen MR) is 76.2 cm³/mol. The third-order valence-electron chi connectivity index (χ3n) is 4.16. The first-order chi connectivity index (χ1) is 10.6. The Hall–Kier alpha value is -1.67. The van der Waals surface area contributed by atoms with Crippen molar-refractivity contribution in [2.24, 2.45) is 0 Å². The van der Waals surface area contributed by atoms with Crippen molar-refractivity contribution in [1.82, 2.24) is 19.9 Å². The van der Waals surface area contributed by atoms with Crippen molar-refractivity contribution in [3.63, 3.8) is 0 Å². The highest BCUT2D eigenvalue weighted by Gasteiger charge is 2.46. The molecule has 0 saturated carbocycles. The van der Waals surface area contributed by atoms with E-state index in [0.717, 1.165) is 19.4 Å². The molecule has 2 aliphatic rings. The van der Waals surface area contributed by atoms with Crippen LogP contribution < -0.4 is 0 Å². The van der Waals surface area contributed by atoms with Gasteiger partial charge in [-0.1, -0.05) is 5.16 Å². The van der Waals surface area contributed by atoms with E-state index in [2.05, 4.69) is 15.0 Å². The van der Waals surface area contributed by atoms with Gasteiger partial charge in [0.2, 0.25) is 5.89 Å². The van der Waals surface area contributed by atoms with Gasteiger partial charge in [-0.25, -0.2) is 4.79 Å². The van der Waals surface area contributed by atoms with E-state index in [1.54, 1.807) is 19.1 Å². The van der Waals surface area contributed by atoms with E-state index in [1.807, 2.05) is 0 Å². The van der Waals surface area contributed by atoms with Gasteiger partial charge in [-0.2, -0.15) is 4.98 Å². The number of amides is 1. The first-order valence-electron chi connectivity index (χ1n) is 7.57. The van der Waals surface area contributed by atoms with Gasteiger partial charge in [-0.05, 0) is 19.4 Å². The maximum absolute atomic E-state index is 11.6. The fraction of sp³-hybridized carbons (Fsp3) is 0.786. The lowest BCUT2D eigenvalue weighted by molar-refractivity contribution is -0.0139. The van der Waals surface area contributed by atoms with Crippen LogP contribution in [0.1, 0.15) is 24.6 Å². The lowest BCUT2D eigenvalue weighted by atomic mass is 9.93. The van der Waals surface area contributed by atoms with Crippen LogP contribution in [0.5, 0.6) is 0 Å². The third-order valence-corrected chi connectivity index (χ3v) is 4.16. The summed E-state index contributed by atoms with van der Waals surface area (Å²) >= 11 is 0. The molecule has 8 nitrogen and oxygen atoms in total. The van der Waals surface area contributed by atoms with Crippen molar-refractivity contribution < 1.29 is 18.8 Å². The molecule has 1 spiro atoms. The SMILES string of the molecule is COCCc1noc(CN2CCCC3(C2)CN(C)C(=O)O3)n1. The summed E-state index contributed by atoms with van der Waals surface area (Å²) < 4.78 is 15.9. The van der Waals surface area contributed by atoms with Gasteiger partial charge in [0, 0.05) is 27.1 Å². The van der Waals surface area contributed by atoms with Crippen LogP contribution in [0.3, 0.4) is 0 Å². The van der Waals surface area contributed by atoms with E-state index >= 15 is 0 Å². The van der Waals surface area contributed by atoms with Crippen LogP contribution in [0.2, 0.25) is 0 Å². The number of likely N-dealkylation sites (N-methyl/N-ethyl adjacent to an activating group) is 1. The summed E-state index contributed by atoms with van der Waals surface area (Å²) in [7, 11) is 3.42. The van der Waals surface area contributed by atoms with Crippen LogP contribution in [-0.4, -0.2) is 72.0 Å². The van der Waals surface area contributed by atoms with Crippen molar-refractivity contribution in [3.8, 4) is 0 Å². The zero-order valence-corrected chi connectivity index (χ0v) is 13.1. The van der Waals surface area contributed by atoms with Crippen LogP contribution in [0, 0.1) is 0 Å². The summed E-state index contributed by atoms with van der Waals surface area (Å²) in [4.78, 5) is 19.9. The van der Waals surface area contributed by atoms with Crippen molar-refractivity contribution in [3.05, 3.63) is 11.7 Å². The minimum atomic E-state index is -0.386. The molecule has 3 heterocycles. The minimum absolute atomic E-state index is 0.235. The number of carbonyl (C=O) groups is 1. The van der Waals surface area contributed by atoms with Gasteiger partial charge in [0.15, 0.2) is 5.82 Å². The highest BCUT2D eigenvalue weighted by Crippen LogP contribution is 2.31. The van der Waals surface area contributed by atoms with E-state index in [0.29, 0.717) is 44.4 Å². The van der Waals surface area contributed by atoms with Crippen molar-refractivity contribution in [2.75, 3.05) is 40.4 Å². The molecule has 2 aliphatic heterocycles. The first kappa shape index (κ1) is 15.2. The van der Waals surface area contributed by atoms with Gasteiger partial charge in [0.1, 0.15) is 5.60 Å². The molecule has 0 bridgehead atoms. The molecule has 1 aromatic heterocycles. The second-order valence-corrected chi connectivity index (χ2v) is 6.07. The van der Waals surface area contributed by atoms with Crippen LogP contribution in [0.4, 0.5) is 4.79 Å². The molecule has 1 aromatic rings. The van der Waals surface area contributed by atoms with E-state index in [-0.39, 0.29) is 11.7 Å². The summed E-state index contributed by atoms with van der Waals surface area (Å²) in [5.41, 5.74) is -0.386. The number of aromatic nitrogens is 2. The van der Waals surface area contributed by atoms with Crippen molar-refractivity contribution >= 4 is 6.09 Å². The summed E-state index contributed by atoms with van der Waals surface area (Å²) in [6.45, 7) is 3.46. The van der Waals surface area contributed by atoms with Crippen molar-refractivity contribution in [2.45, 2.75) is 31.4 Å². The zero-order valence-electron chi connectivity index (χ0n) is 13.1. The molecule has 0 aromatic carbocycles. The third kappa shape index (κ3) is 3.22. The summed E-state index contributed by atoms with van der Waals surface area (Å²) in [6, 6.07) is 0. The Balaban J connectivity index is 1.59. The molecule has 1 atom stereocenters. The van der Waals surface area contributed by atoms with Crippen molar-refractivity contribution in [1.29, 1.82) is 0 Å². The van der Waals surface area contributed by atoms with Gasteiger partial charge < -0.3 is 18.9 Å². The average Bonchev–Trinajstić information content (AvgIpc) is 3.02. The molecule has 122 valence electrons. The smallest absolute Gasteiger partial charge is 0.410 e. The fourth-order valence-corrected chi connectivity index (χ4v) is 3.17. The predicted octanol–water partition coefficient (Wildman–Crippen LogP) is 0.675. The Morgan fingerprint density at radius 1 is 1.41 bits per heavy atom. The van der Waals surface area contributed by atoms with E-state index in [9.17, 15) is 4.79 Å². The number of hydrogen-bond donors (Lipinski definition) is 0. The highest BCUT2D eigenvalue weighted by molar-refractivity contribution is 5.70. The number of nitrogens with zero attached hydrogens (tertiary/aromatic N) is 4. The fourth-order valence-electron chi connectivity index (χ4n) is 3.17. The highest BCUT2D eigenvalue weighted by atomic mass is 16.6. The molecule has 2 saturated heterocycles. The van der Waals surface area contributed by atoms with Gasteiger partial charge >= 0.3 is 6.09 Å². The summed E-state index contributed by atoms with van der Waals surface area (Å²) in [5, 5.41) is 3.95. The molecule has 2 fully saturated rings. The Morgan fingerprint density at radius 3 is 3.00 bits per heavy atom. The zero-order chi connectivity index (χ0) is 15.6. The Bertz CT molecular complexity index is 535. The second kappa shape index (κ2) is 6.21. The molecule has 22 heavy (non-hydrogen) atoms.